The van der Waals surface area contributed by atoms with Gasteiger partial charge in [-0.1, -0.05) is 12.1 Å². The molecule has 0 radical (unpaired) electrons. The highest BCUT2D eigenvalue weighted by molar-refractivity contribution is 9.10. The molecule has 1 rings (SSSR count). The third-order valence-corrected chi connectivity index (χ3v) is 4.36. The Bertz CT molecular complexity index is 499. The predicted molar refractivity (Wildman–Crippen MR) is 95.3 cm³/mol. The molecule has 1 atom stereocenters. The lowest BCUT2D eigenvalue weighted by atomic mass is 10.1. The first-order chi connectivity index (χ1) is 10.6. The molecule has 0 heterocycles. The number of nitrogens with one attached hydrogen (secondary N) is 3. The number of hydrogen-bond donors (Lipinski definition) is 3. The van der Waals surface area contributed by atoms with Crippen molar-refractivity contribution in [2.24, 2.45) is 0 Å². The van der Waals surface area contributed by atoms with Gasteiger partial charge in [0.05, 0.1) is 5.56 Å². The van der Waals surface area contributed by atoms with E-state index >= 15 is 0 Å². The van der Waals surface area contributed by atoms with Crippen molar-refractivity contribution in [1.29, 1.82) is 0 Å². The Hall–Kier alpha value is -1.05. The second-order valence-corrected chi connectivity index (χ2v) is 6.52. The molecule has 3 N–H and O–H groups in total. The standard InChI is InChI=1S/C15H22BrN3O2S/c1-17-8-9-18-15(21)13(7-10-22-2)19-14(20)11-5-3-4-6-12(11)16/h3-6,13,17H,7-10H2,1-2H3,(H,18,21)(H,19,20). The van der Waals surface area contributed by atoms with Crippen LogP contribution in [0.4, 0.5) is 0 Å². The van der Waals surface area contributed by atoms with Crippen molar-refractivity contribution in [3.8, 4) is 0 Å². The molecule has 0 aliphatic rings. The minimum atomic E-state index is -0.524. The number of likely N-dealkylation sites (N-methyl/N-ethyl adjacent to an activating group) is 1. The van der Waals surface area contributed by atoms with Crippen LogP contribution in [-0.4, -0.2) is 50.0 Å². The maximum absolute atomic E-state index is 12.3. The van der Waals surface area contributed by atoms with E-state index in [1.165, 1.54) is 0 Å². The smallest absolute Gasteiger partial charge is 0.253 e. The van der Waals surface area contributed by atoms with E-state index in [0.717, 1.165) is 5.75 Å². The molecule has 5 nitrogen and oxygen atoms in total. The van der Waals surface area contributed by atoms with Crippen LogP contribution in [0.15, 0.2) is 28.7 Å². The van der Waals surface area contributed by atoms with Crippen LogP contribution in [0.25, 0.3) is 0 Å². The van der Waals surface area contributed by atoms with Gasteiger partial charge in [0.25, 0.3) is 5.91 Å². The molecule has 0 fully saturated rings. The second-order valence-electron chi connectivity index (χ2n) is 4.68. The zero-order chi connectivity index (χ0) is 16.4. The number of rotatable bonds is 9. The summed E-state index contributed by atoms with van der Waals surface area (Å²) in [4.78, 5) is 24.5. The van der Waals surface area contributed by atoms with Crippen molar-refractivity contribution in [3.63, 3.8) is 0 Å². The molecule has 1 aromatic rings. The first-order valence-electron chi connectivity index (χ1n) is 7.06. The van der Waals surface area contributed by atoms with E-state index in [9.17, 15) is 9.59 Å². The van der Waals surface area contributed by atoms with Gasteiger partial charge in [0.2, 0.25) is 5.91 Å². The minimum Gasteiger partial charge on any atom is -0.353 e. The highest BCUT2D eigenvalue weighted by atomic mass is 79.9. The summed E-state index contributed by atoms with van der Waals surface area (Å²) in [6, 6.07) is 6.65. The Balaban J connectivity index is 2.69. The van der Waals surface area contributed by atoms with Gasteiger partial charge >= 0.3 is 0 Å². The van der Waals surface area contributed by atoms with Crippen molar-refractivity contribution in [1.82, 2.24) is 16.0 Å². The largest absolute Gasteiger partial charge is 0.353 e. The molecule has 22 heavy (non-hydrogen) atoms. The van der Waals surface area contributed by atoms with Crippen molar-refractivity contribution in [2.45, 2.75) is 12.5 Å². The van der Waals surface area contributed by atoms with E-state index in [1.54, 1.807) is 30.0 Å². The Labute approximate surface area is 144 Å². The third kappa shape index (κ3) is 6.37. The monoisotopic (exact) mass is 387 g/mol. The molecule has 0 spiro atoms. The predicted octanol–water partition coefficient (Wildman–Crippen LogP) is 1.64. The number of benzene rings is 1. The van der Waals surface area contributed by atoms with Gasteiger partial charge in [0.15, 0.2) is 0 Å². The molecule has 0 aliphatic carbocycles. The molecule has 122 valence electrons. The molecule has 7 heteroatoms. The first kappa shape index (κ1) is 19.0. The first-order valence-corrected chi connectivity index (χ1v) is 9.25. The van der Waals surface area contributed by atoms with Crippen LogP contribution in [0.2, 0.25) is 0 Å². The Morgan fingerprint density at radius 1 is 1.27 bits per heavy atom. The van der Waals surface area contributed by atoms with Crippen LogP contribution >= 0.6 is 27.7 Å². The van der Waals surface area contributed by atoms with Gasteiger partial charge < -0.3 is 16.0 Å². The Morgan fingerprint density at radius 3 is 2.64 bits per heavy atom. The van der Waals surface area contributed by atoms with E-state index in [1.807, 2.05) is 19.4 Å². The van der Waals surface area contributed by atoms with Crippen molar-refractivity contribution >= 4 is 39.5 Å². The highest BCUT2D eigenvalue weighted by Crippen LogP contribution is 2.16. The molecule has 0 saturated carbocycles. The fourth-order valence-electron chi connectivity index (χ4n) is 1.82. The molecule has 1 unspecified atom stereocenters. The molecule has 0 aromatic heterocycles. The maximum atomic E-state index is 12.3. The Morgan fingerprint density at radius 2 is 2.00 bits per heavy atom. The molecular weight excluding hydrogens is 366 g/mol. The molecule has 2 amide bonds. The average Bonchev–Trinajstić information content (AvgIpc) is 2.51. The normalized spacial score (nSPS) is 11.8. The van der Waals surface area contributed by atoms with Gasteiger partial charge in [-0.05, 0) is 53.5 Å². The van der Waals surface area contributed by atoms with Crippen LogP contribution in [-0.2, 0) is 4.79 Å². The van der Waals surface area contributed by atoms with E-state index < -0.39 is 6.04 Å². The van der Waals surface area contributed by atoms with E-state index in [2.05, 4.69) is 31.9 Å². The number of carbonyl (C=O) groups is 2. The van der Waals surface area contributed by atoms with Gasteiger partial charge in [-0.2, -0.15) is 11.8 Å². The van der Waals surface area contributed by atoms with Gasteiger partial charge in [0, 0.05) is 17.6 Å². The summed E-state index contributed by atoms with van der Waals surface area (Å²) in [5, 5.41) is 8.61. The average molecular weight is 388 g/mol. The van der Waals surface area contributed by atoms with Gasteiger partial charge in [-0.3, -0.25) is 9.59 Å². The molecule has 0 bridgehead atoms. The molecule has 1 aromatic carbocycles. The molecular formula is C15H22BrN3O2S. The summed E-state index contributed by atoms with van der Waals surface area (Å²) < 4.78 is 0.715. The highest BCUT2D eigenvalue weighted by Gasteiger charge is 2.21. The summed E-state index contributed by atoms with van der Waals surface area (Å²) in [6.45, 7) is 1.23. The van der Waals surface area contributed by atoms with Crippen molar-refractivity contribution < 1.29 is 9.59 Å². The van der Waals surface area contributed by atoms with Gasteiger partial charge in [-0.25, -0.2) is 0 Å². The van der Waals surface area contributed by atoms with Crippen LogP contribution in [0, 0.1) is 0 Å². The lowest BCUT2D eigenvalue weighted by Crippen LogP contribution is -2.48. The Kier molecular flexibility index (Phi) is 9.19. The topological polar surface area (TPSA) is 70.2 Å². The summed E-state index contributed by atoms with van der Waals surface area (Å²) in [5.41, 5.74) is 0.527. The van der Waals surface area contributed by atoms with E-state index in [0.29, 0.717) is 29.5 Å². The number of hydrogen-bond acceptors (Lipinski definition) is 4. The lowest BCUT2D eigenvalue weighted by Gasteiger charge is -2.18. The second kappa shape index (κ2) is 10.6. The maximum Gasteiger partial charge on any atom is 0.253 e. The number of thioether (sulfide) groups is 1. The fraction of sp³-hybridized carbons (Fsp3) is 0.467. The number of amides is 2. The van der Waals surface area contributed by atoms with E-state index in [-0.39, 0.29) is 11.8 Å². The molecule has 0 saturated heterocycles. The summed E-state index contributed by atoms with van der Waals surface area (Å²) in [7, 11) is 1.83. The summed E-state index contributed by atoms with van der Waals surface area (Å²) in [5.74, 6) is 0.410. The zero-order valence-electron chi connectivity index (χ0n) is 12.8. The fourth-order valence-corrected chi connectivity index (χ4v) is 2.76. The SMILES string of the molecule is CNCCNC(=O)C(CCSC)NC(=O)c1ccccc1Br. The van der Waals surface area contributed by atoms with Gasteiger partial charge in [0.1, 0.15) is 6.04 Å². The van der Waals surface area contributed by atoms with E-state index in [4.69, 9.17) is 0 Å². The lowest BCUT2D eigenvalue weighted by molar-refractivity contribution is -0.122. The van der Waals surface area contributed by atoms with Crippen LogP contribution in [0.1, 0.15) is 16.8 Å². The minimum absolute atomic E-state index is 0.148. The zero-order valence-corrected chi connectivity index (χ0v) is 15.2. The third-order valence-electron chi connectivity index (χ3n) is 3.03. The van der Waals surface area contributed by atoms with Crippen LogP contribution in [0.3, 0.4) is 0 Å². The van der Waals surface area contributed by atoms with Crippen molar-refractivity contribution in [3.05, 3.63) is 34.3 Å². The van der Waals surface area contributed by atoms with Crippen molar-refractivity contribution in [2.75, 3.05) is 32.1 Å². The van der Waals surface area contributed by atoms with Crippen LogP contribution < -0.4 is 16.0 Å². The number of halogens is 1. The quantitative estimate of drug-likeness (QED) is 0.563. The number of carbonyl (C=O) groups excluding carboxylic acids is 2. The van der Waals surface area contributed by atoms with Crippen LogP contribution in [0.5, 0.6) is 0 Å². The molecule has 0 aliphatic heterocycles. The summed E-state index contributed by atoms with van der Waals surface area (Å²) in [6.07, 6.45) is 2.58. The summed E-state index contributed by atoms with van der Waals surface area (Å²) >= 11 is 5.00. The van der Waals surface area contributed by atoms with Gasteiger partial charge in [-0.15, -0.1) is 0 Å².